The molecule has 3 nitrogen and oxygen atoms in total. The molecule has 0 fully saturated rings. The minimum Gasteiger partial charge on any atom is -0.482 e. The zero-order chi connectivity index (χ0) is 16.3. The van der Waals surface area contributed by atoms with Crippen molar-refractivity contribution in [3.05, 3.63) is 28.2 Å². The van der Waals surface area contributed by atoms with Gasteiger partial charge in [-0.1, -0.05) is 44.0 Å². The number of nitrogens with one attached hydrogen (secondary N) is 1. The topological polar surface area (TPSA) is 38.3 Å². The second kappa shape index (κ2) is 6.89. The first-order valence-electron chi connectivity index (χ1n) is 6.87. The van der Waals surface area contributed by atoms with Gasteiger partial charge in [0.2, 0.25) is 0 Å². The van der Waals surface area contributed by atoms with Crippen LogP contribution in [0.2, 0.25) is 10.0 Å². The quantitative estimate of drug-likeness (QED) is 0.848. The molecule has 1 aromatic carbocycles. The van der Waals surface area contributed by atoms with Crippen LogP contribution < -0.4 is 10.1 Å². The van der Waals surface area contributed by atoms with Gasteiger partial charge < -0.3 is 10.1 Å². The van der Waals surface area contributed by atoms with Crippen LogP contribution in [0, 0.1) is 5.41 Å². The molecule has 21 heavy (non-hydrogen) atoms. The standard InChI is InChI=1S/C16H23Cl2NO2/c1-15(2,3)10-16(4,5)19-14(20)9-21-13-7-6-11(17)8-12(13)18/h6-8H,9-10H2,1-5H3,(H,19,20). The van der Waals surface area contributed by atoms with Gasteiger partial charge in [0.1, 0.15) is 5.75 Å². The van der Waals surface area contributed by atoms with E-state index in [9.17, 15) is 4.79 Å². The van der Waals surface area contributed by atoms with Crippen molar-refractivity contribution < 1.29 is 9.53 Å². The normalized spacial score (nSPS) is 12.1. The largest absolute Gasteiger partial charge is 0.482 e. The fourth-order valence-corrected chi connectivity index (χ4v) is 2.98. The SMILES string of the molecule is CC(C)(C)CC(C)(C)NC(=O)COc1ccc(Cl)cc1Cl. The Morgan fingerprint density at radius 2 is 1.81 bits per heavy atom. The molecule has 5 heteroatoms. The van der Waals surface area contributed by atoms with Crippen LogP contribution in [0.1, 0.15) is 41.0 Å². The number of carbonyl (C=O) groups is 1. The summed E-state index contributed by atoms with van der Waals surface area (Å²) in [5.74, 6) is 0.278. The van der Waals surface area contributed by atoms with Crippen molar-refractivity contribution in [1.82, 2.24) is 5.32 Å². The van der Waals surface area contributed by atoms with Crippen molar-refractivity contribution in [2.75, 3.05) is 6.61 Å². The summed E-state index contributed by atoms with van der Waals surface area (Å²) in [6, 6.07) is 4.91. The first-order chi connectivity index (χ1) is 9.48. The fourth-order valence-electron chi connectivity index (χ4n) is 2.52. The molecular formula is C16H23Cl2NO2. The van der Waals surface area contributed by atoms with E-state index in [-0.39, 0.29) is 23.5 Å². The molecule has 0 saturated heterocycles. The second-order valence-corrected chi connectivity index (χ2v) is 7.88. The van der Waals surface area contributed by atoms with Crippen molar-refractivity contribution in [3.63, 3.8) is 0 Å². The maximum absolute atomic E-state index is 12.0. The Kier molecular flexibility index (Phi) is 5.94. The number of hydrogen-bond donors (Lipinski definition) is 1. The minimum atomic E-state index is -0.289. The lowest BCUT2D eigenvalue weighted by Crippen LogP contribution is -2.47. The van der Waals surface area contributed by atoms with E-state index >= 15 is 0 Å². The third-order valence-electron chi connectivity index (χ3n) is 2.70. The van der Waals surface area contributed by atoms with E-state index in [1.165, 1.54) is 0 Å². The molecule has 0 heterocycles. The molecule has 0 radical (unpaired) electrons. The Bertz CT molecular complexity index is 507. The van der Waals surface area contributed by atoms with Gasteiger partial charge in [-0.2, -0.15) is 0 Å². The van der Waals surface area contributed by atoms with Gasteiger partial charge in [0.25, 0.3) is 5.91 Å². The predicted molar refractivity (Wildman–Crippen MR) is 88.3 cm³/mol. The molecule has 118 valence electrons. The summed E-state index contributed by atoms with van der Waals surface area (Å²) in [6.45, 7) is 10.4. The number of halogens is 2. The highest BCUT2D eigenvalue weighted by atomic mass is 35.5. The Hall–Kier alpha value is -0.930. The van der Waals surface area contributed by atoms with Crippen LogP contribution in [0.25, 0.3) is 0 Å². The third kappa shape index (κ3) is 7.05. The van der Waals surface area contributed by atoms with Crippen LogP contribution in [0.5, 0.6) is 5.75 Å². The lowest BCUT2D eigenvalue weighted by atomic mass is 9.82. The average molecular weight is 332 g/mol. The molecule has 1 aromatic rings. The molecule has 1 rings (SSSR count). The van der Waals surface area contributed by atoms with E-state index in [0.717, 1.165) is 6.42 Å². The number of rotatable bonds is 5. The summed E-state index contributed by atoms with van der Waals surface area (Å²) in [6.07, 6.45) is 0.868. The van der Waals surface area contributed by atoms with E-state index in [1.54, 1.807) is 18.2 Å². The highest BCUT2D eigenvalue weighted by Crippen LogP contribution is 2.28. The Balaban J connectivity index is 2.54. The predicted octanol–water partition coefficient (Wildman–Crippen LogP) is 4.70. The molecule has 0 aliphatic carbocycles. The van der Waals surface area contributed by atoms with Gasteiger partial charge in [0.15, 0.2) is 6.61 Å². The van der Waals surface area contributed by atoms with Crippen LogP contribution >= 0.6 is 23.2 Å². The lowest BCUT2D eigenvalue weighted by Gasteiger charge is -2.33. The highest BCUT2D eigenvalue weighted by molar-refractivity contribution is 6.35. The van der Waals surface area contributed by atoms with E-state index in [4.69, 9.17) is 27.9 Å². The molecule has 0 aliphatic heterocycles. The monoisotopic (exact) mass is 331 g/mol. The van der Waals surface area contributed by atoms with Crippen LogP contribution in [0.4, 0.5) is 0 Å². The van der Waals surface area contributed by atoms with E-state index in [1.807, 2.05) is 13.8 Å². The number of amides is 1. The molecule has 0 aliphatic rings. The Morgan fingerprint density at radius 1 is 1.19 bits per heavy atom. The van der Waals surface area contributed by atoms with Gasteiger partial charge in [0, 0.05) is 10.6 Å². The third-order valence-corrected chi connectivity index (χ3v) is 3.23. The van der Waals surface area contributed by atoms with Crippen molar-refractivity contribution in [2.45, 2.75) is 46.6 Å². The van der Waals surface area contributed by atoms with Gasteiger partial charge in [0.05, 0.1) is 5.02 Å². The minimum absolute atomic E-state index is 0.0745. The summed E-state index contributed by atoms with van der Waals surface area (Å²) < 4.78 is 5.43. The molecule has 0 aromatic heterocycles. The summed E-state index contributed by atoms with van der Waals surface area (Å²) in [7, 11) is 0. The number of benzene rings is 1. The molecule has 0 unspecified atom stereocenters. The molecule has 1 amide bonds. The van der Waals surface area contributed by atoms with Gasteiger partial charge in [-0.15, -0.1) is 0 Å². The zero-order valence-corrected chi connectivity index (χ0v) is 14.7. The van der Waals surface area contributed by atoms with E-state index in [2.05, 4.69) is 26.1 Å². The van der Waals surface area contributed by atoms with Crippen LogP contribution in [-0.2, 0) is 4.79 Å². The van der Waals surface area contributed by atoms with Gasteiger partial charge >= 0.3 is 0 Å². The maximum Gasteiger partial charge on any atom is 0.258 e. The molecule has 1 N–H and O–H groups in total. The van der Waals surface area contributed by atoms with Crippen LogP contribution in [-0.4, -0.2) is 18.1 Å². The number of ether oxygens (including phenoxy) is 1. The van der Waals surface area contributed by atoms with Gasteiger partial charge in [-0.05, 0) is 43.9 Å². The zero-order valence-electron chi connectivity index (χ0n) is 13.2. The second-order valence-electron chi connectivity index (χ2n) is 7.03. The molecule has 0 atom stereocenters. The Labute approximate surface area is 137 Å². The summed E-state index contributed by atoms with van der Waals surface area (Å²) in [4.78, 5) is 12.0. The fraction of sp³-hybridized carbons (Fsp3) is 0.562. The van der Waals surface area contributed by atoms with E-state index in [0.29, 0.717) is 15.8 Å². The highest BCUT2D eigenvalue weighted by Gasteiger charge is 2.27. The number of hydrogen-bond acceptors (Lipinski definition) is 2. The average Bonchev–Trinajstić information content (AvgIpc) is 2.23. The Morgan fingerprint density at radius 3 is 2.33 bits per heavy atom. The molecule has 0 saturated carbocycles. The summed E-state index contributed by atoms with van der Waals surface area (Å²) in [5.41, 5.74) is -0.153. The number of carbonyl (C=O) groups excluding carboxylic acids is 1. The lowest BCUT2D eigenvalue weighted by molar-refractivity contribution is -0.125. The summed E-state index contributed by atoms with van der Waals surface area (Å²) in [5, 5.41) is 3.90. The van der Waals surface area contributed by atoms with Gasteiger partial charge in [-0.25, -0.2) is 0 Å². The molecular weight excluding hydrogens is 309 g/mol. The first-order valence-corrected chi connectivity index (χ1v) is 7.63. The van der Waals surface area contributed by atoms with Crippen molar-refractivity contribution in [2.24, 2.45) is 5.41 Å². The van der Waals surface area contributed by atoms with Crippen LogP contribution in [0.3, 0.4) is 0 Å². The first kappa shape index (κ1) is 18.1. The van der Waals surface area contributed by atoms with E-state index < -0.39 is 0 Å². The van der Waals surface area contributed by atoms with Crippen molar-refractivity contribution in [1.29, 1.82) is 0 Å². The van der Waals surface area contributed by atoms with Crippen LogP contribution in [0.15, 0.2) is 18.2 Å². The van der Waals surface area contributed by atoms with Crippen molar-refractivity contribution >= 4 is 29.1 Å². The maximum atomic E-state index is 12.0. The molecule has 0 spiro atoms. The van der Waals surface area contributed by atoms with Gasteiger partial charge in [-0.3, -0.25) is 4.79 Å². The summed E-state index contributed by atoms with van der Waals surface area (Å²) >= 11 is 11.8. The smallest absolute Gasteiger partial charge is 0.258 e. The van der Waals surface area contributed by atoms with Crippen molar-refractivity contribution in [3.8, 4) is 5.75 Å². The molecule has 0 bridgehead atoms.